The highest BCUT2D eigenvalue weighted by Gasteiger charge is 2.20. The van der Waals surface area contributed by atoms with E-state index >= 15 is 0 Å². The van der Waals surface area contributed by atoms with Gasteiger partial charge in [0.25, 0.3) is 11.6 Å². The summed E-state index contributed by atoms with van der Waals surface area (Å²) in [4.78, 5) is 35.3. The zero-order valence-electron chi connectivity index (χ0n) is 18.7. The van der Waals surface area contributed by atoms with Gasteiger partial charge in [0, 0.05) is 30.4 Å². The smallest absolute Gasteiger partial charge is 0.269 e. The first-order valence-corrected chi connectivity index (χ1v) is 11.1. The second-order valence-corrected chi connectivity index (χ2v) is 8.45. The lowest BCUT2D eigenvalue weighted by molar-refractivity contribution is -0.384. The predicted molar refractivity (Wildman–Crippen MR) is 125 cm³/mol. The van der Waals surface area contributed by atoms with Crippen LogP contribution in [-0.2, 0) is 11.8 Å². The first-order chi connectivity index (χ1) is 15.7. The molecule has 2 aromatic carbocycles. The van der Waals surface area contributed by atoms with Crippen molar-refractivity contribution in [3.8, 4) is 0 Å². The number of nitro benzene ring substituents is 1. The number of nitro groups is 1. The van der Waals surface area contributed by atoms with Crippen molar-refractivity contribution in [2.24, 2.45) is 7.05 Å². The molecule has 0 saturated carbocycles. The zero-order valence-corrected chi connectivity index (χ0v) is 19.5. The Labute approximate surface area is 194 Å². The molecule has 0 radical (unpaired) electrons. The summed E-state index contributed by atoms with van der Waals surface area (Å²) in [6.45, 7) is 5.38. The van der Waals surface area contributed by atoms with Crippen molar-refractivity contribution in [2.75, 3.05) is 11.1 Å². The summed E-state index contributed by atoms with van der Waals surface area (Å²) < 4.78 is 1.73. The fourth-order valence-electron chi connectivity index (χ4n) is 3.21. The number of carbonyl (C=O) groups is 2. The molecule has 10 nitrogen and oxygen atoms in total. The molecule has 172 valence electrons. The average molecular weight is 469 g/mol. The summed E-state index contributed by atoms with van der Waals surface area (Å²) in [5, 5.41) is 25.3. The van der Waals surface area contributed by atoms with E-state index in [0.717, 1.165) is 5.56 Å². The van der Waals surface area contributed by atoms with Crippen LogP contribution in [0.25, 0.3) is 0 Å². The molecule has 0 aliphatic rings. The number of rotatable bonds is 8. The van der Waals surface area contributed by atoms with Crippen molar-refractivity contribution in [1.82, 2.24) is 20.1 Å². The Hall–Kier alpha value is -3.73. The lowest BCUT2D eigenvalue weighted by atomic mass is 10.1. The van der Waals surface area contributed by atoms with E-state index in [1.165, 1.54) is 30.0 Å². The number of non-ortho nitro benzene ring substituents is 1. The van der Waals surface area contributed by atoms with Gasteiger partial charge in [-0.2, -0.15) is 0 Å². The molecule has 0 saturated heterocycles. The third kappa shape index (κ3) is 5.75. The number of anilines is 1. The lowest BCUT2D eigenvalue weighted by Gasteiger charge is -2.14. The normalized spacial score (nSPS) is 11.6. The van der Waals surface area contributed by atoms with E-state index in [1.54, 1.807) is 24.6 Å². The van der Waals surface area contributed by atoms with Gasteiger partial charge in [0.15, 0.2) is 11.0 Å². The number of aryl methyl sites for hydroxylation is 2. The quantitative estimate of drug-likeness (QED) is 0.293. The van der Waals surface area contributed by atoms with E-state index in [-0.39, 0.29) is 29.3 Å². The third-order valence-corrected chi connectivity index (χ3v) is 6.04. The van der Waals surface area contributed by atoms with Gasteiger partial charge >= 0.3 is 0 Å². The Morgan fingerprint density at radius 2 is 1.88 bits per heavy atom. The third-order valence-electron chi connectivity index (χ3n) is 5.02. The lowest BCUT2D eigenvalue weighted by Crippen LogP contribution is -2.29. The average Bonchev–Trinajstić information content (AvgIpc) is 3.14. The van der Waals surface area contributed by atoms with Crippen LogP contribution < -0.4 is 10.6 Å². The molecule has 33 heavy (non-hydrogen) atoms. The summed E-state index contributed by atoms with van der Waals surface area (Å²) in [5.41, 5.74) is 2.55. The monoisotopic (exact) mass is 468 g/mol. The van der Waals surface area contributed by atoms with E-state index in [2.05, 4.69) is 20.8 Å². The van der Waals surface area contributed by atoms with E-state index in [9.17, 15) is 19.7 Å². The van der Waals surface area contributed by atoms with E-state index in [4.69, 9.17) is 0 Å². The molecule has 11 heteroatoms. The van der Waals surface area contributed by atoms with Crippen molar-refractivity contribution < 1.29 is 14.5 Å². The van der Waals surface area contributed by atoms with Crippen LogP contribution in [0.3, 0.4) is 0 Å². The Morgan fingerprint density at radius 3 is 2.55 bits per heavy atom. The number of amides is 2. The van der Waals surface area contributed by atoms with Crippen LogP contribution in [0, 0.1) is 24.0 Å². The number of carbonyl (C=O) groups excluding carboxylic acids is 2. The summed E-state index contributed by atoms with van der Waals surface area (Å²) in [6, 6.07) is 11.2. The molecule has 1 atom stereocenters. The SMILES string of the molecule is Cc1cc([N+](=O)[O-])ccc1NC(=O)CSc1nnc([C@@H](C)NC(=O)c2ccccc2C)n1C. The first kappa shape index (κ1) is 23.9. The van der Waals surface area contributed by atoms with Gasteiger partial charge < -0.3 is 15.2 Å². The minimum Gasteiger partial charge on any atom is -0.342 e. The maximum atomic E-state index is 12.6. The summed E-state index contributed by atoms with van der Waals surface area (Å²) in [6.07, 6.45) is 0. The molecule has 0 spiro atoms. The highest BCUT2D eigenvalue weighted by Crippen LogP contribution is 2.23. The van der Waals surface area contributed by atoms with Crippen LogP contribution in [0.5, 0.6) is 0 Å². The van der Waals surface area contributed by atoms with Crippen molar-refractivity contribution in [3.63, 3.8) is 0 Å². The molecular formula is C22H24N6O4S. The van der Waals surface area contributed by atoms with Gasteiger partial charge in [0.2, 0.25) is 5.91 Å². The molecule has 1 aromatic heterocycles. The van der Waals surface area contributed by atoms with Crippen LogP contribution in [-0.4, -0.2) is 37.3 Å². The van der Waals surface area contributed by atoms with Gasteiger partial charge in [0.05, 0.1) is 16.7 Å². The van der Waals surface area contributed by atoms with Gasteiger partial charge in [-0.25, -0.2) is 0 Å². The Bertz CT molecular complexity index is 1210. The van der Waals surface area contributed by atoms with Crippen molar-refractivity contribution in [3.05, 3.63) is 75.1 Å². The maximum absolute atomic E-state index is 12.6. The van der Waals surface area contributed by atoms with Crippen LogP contribution >= 0.6 is 11.8 Å². The van der Waals surface area contributed by atoms with Crippen LogP contribution in [0.15, 0.2) is 47.6 Å². The summed E-state index contributed by atoms with van der Waals surface area (Å²) in [5.74, 6) is 0.163. The Balaban J connectivity index is 1.59. The zero-order chi connectivity index (χ0) is 24.1. The minimum absolute atomic E-state index is 0.0323. The van der Waals surface area contributed by atoms with Gasteiger partial charge in [0.1, 0.15) is 0 Å². The molecule has 3 rings (SSSR count). The van der Waals surface area contributed by atoms with Crippen molar-refractivity contribution in [1.29, 1.82) is 0 Å². The molecule has 2 N–H and O–H groups in total. The van der Waals surface area contributed by atoms with Gasteiger partial charge in [-0.3, -0.25) is 19.7 Å². The summed E-state index contributed by atoms with van der Waals surface area (Å²) >= 11 is 1.20. The molecule has 0 aliphatic carbocycles. The van der Waals surface area contributed by atoms with Gasteiger partial charge in [-0.1, -0.05) is 30.0 Å². The molecule has 0 unspecified atom stereocenters. The summed E-state index contributed by atoms with van der Waals surface area (Å²) in [7, 11) is 1.77. The topological polar surface area (TPSA) is 132 Å². The van der Waals surface area contributed by atoms with Crippen LogP contribution in [0.1, 0.15) is 40.3 Å². The fourth-order valence-corrected chi connectivity index (χ4v) is 3.93. The second kappa shape index (κ2) is 10.3. The van der Waals surface area contributed by atoms with Crippen molar-refractivity contribution >= 4 is 35.0 Å². The van der Waals surface area contributed by atoms with Crippen LogP contribution in [0.2, 0.25) is 0 Å². The Kier molecular flexibility index (Phi) is 7.44. The van der Waals surface area contributed by atoms with E-state index in [0.29, 0.717) is 27.8 Å². The number of nitrogens with zero attached hydrogens (tertiary/aromatic N) is 4. The highest BCUT2D eigenvalue weighted by atomic mass is 32.2. The number of benzene rings is 2. The Morgan fingerprint density at radius 1 is 1.15 bits per heavy atom. The first-order valence-electron chi connectivity index (χ1n) is 10.1. The number of hydrogen-bond acceptors (Lipinski definition) is 7. The fraction of sp³-hybridized carbons (Fsp3) is 0.273. The van der Waals surface area contributed by atoms with Crippen LogP contribution in [0.4, 0.5) is 11.4 Å². The highest BCUT2D eigenvalue weighted by molar-refractivity contribution is 7.99. The van der Waals surface area contributed by atoms with E-state index < -0.39 is 4.92 Å². The molecule has 2 amide bonds. The number of hydrogen-bond donors (Lipinski definition) is 2. The largest absolute Gasteiger partial charge is 0.342 e. The number of nitrogens with one attached hydrogen (secondary N) is 2. The number of thioether (sulfide) groups is 1. The van der Waals surface area contributed by atoms with Gasteiger partial charge in [-0.05, 0) is 44.0 Å². The predicted octanol–water partition coefficient (Wildman–Crippen LogP) is 3.56. The molecule has 1 heterocycles. The minimum atomic E-state index is -0.482. The molecule has 3 aromatic rings. The molecule has 0 fully saturated rings. The second-order valence-electron chi connectivity index (χ2n) is 7.50. The molecular weight excluding hydrogens is 444 g/mol. The maximum Gasteiger partial charge on any atom is 0.269 e. The molecule has 0 aliphatic heterocycles. The molecule has 0 bridgehead atoms. The van der Waals surface area contributed by atoms with Crippen molar-refractivity contribution in [2.45, 2.75) is 32.0 Å². The van der Waals surface area contributed by atoms with Gasteiger partial charge in [-0.15, -0.1) is 10.2 Å². The standard InChI is InChI=1S/C22H24N6O4S/c1-13-7-5-6-8-17(13)21(30)23-15(3)20-25-26-22(27(20)4)33-12-19(29)24-18-10-9-16(28(31)32)11-14(18)2/h5-11,15H,12H2,1-4H3,(H,23,30)(H,24,29)/t15-/m1/s1. The van der Waals surface area contributed by atoms with E-state index in [1.807, 2.05) is 32.0 Å². The number of aromatic nitrogens is 3.